The van der Waals surface area contributed by atoms with Gasteiger partial charge < -0.3 is 45.1 Å². The van der Waals surface area contributed by atoms with Crippen LogP contribution in [0.5, 0.6) is 11.5 Å². The van der Waals surface area contributed by atoms with E-state index in [1.807, 2.05) is 12.1 Å². The Morgan fingerprint density at radius 2 is 1.49 bits per heavy atom. The number of rotatable bonds is 32. The van der Waals surface area contributed by atoms with Crippen molar-refractivity contribution in [2.24, 2.45) is 0 Å². The molecule has 2 aromatic rings. The first kappa shape index (κ1) is 49.9. The zero-order chi connectivity index (χ0) is 44.9. The number of carbonyl (C=O) groups is 6. The Kier molecular flexibility index (Phi) is 21.3. The van der Waals surface area contributed by atoms with Gasteiger partial charge in [0, 0.05) is 44.8 Å². The number of carboxylic acid groups (broad SMARTS) is 5. The molecule has 61 heavy (non-hydrogen) atoms. The van der Waals surface area contributed by atoms with Crippen LogP contribution in [0.3, 0.4) is 0 Å². The van der Waals surface area contributed by atoms with Crippen LogP contribution in [0, 0.1) is 0 Å². The maximum absolute atomic E-state index is 13.3. The Balaban J connectivity index is 1.58. The summed E-state index contributed by atoms with van der Waals surface area (Å²) in [6, 6.07) is 3.07. The molecule has 0 unspecified atom stereocenters. The van der Waals surface area contributed by atoms with Gasteiger partial charge in [0.05, 0.1) is 71.9 Å². The van der Waals surface area contributed by atoms with Crippen molar-refractivity contribution in [1.29, 1.82) is 0 Å². The van der Waals surface area contributed by atoms with Crippen LogP contribution in [0.25, 0.3) is 0 Å². The summed E-state index contributed by atoms with van der Waals surface area (Å²) in [6.07, 6.45) is 6.94. The summed E-state index contributed by atoms with van der Waals surface area (Å²) in [6.45, 7) is 1.14. The van der Waals surface area contributed by atoms with Crippen molar-refractivity contribution < 1.29 is 68.5 Å². The third kappa shape index (κ3) is 18.0. The molecule has 22 nitrogen and oxygen atoms in total. The van der Waals surface area contributed by atoms with Crippen molar-refractivity contribution in [3.63, 3.8) is 0 Å². The second-order valence-corrected chi connectivity index (χ2v) is 14.8. The number of carboxylic acids is 5. The van der Waals surface area contributed by atoms with Crippen LogP contribution in [0.2, 0.25) is 0 Å². The van der Waals surface area contributed by atoms with Crippen molar-refractivity contribution in [3.05, 3.63) is 35.2 Å². The fraction of sp³-hybridized carbons (Fsp3) is 0.641. The normalized spacial score (nSPS) is 14.7. The number of likely N-dealkylation sites (tertiary alicyclic amines) is 1. The molecular weight excluding hydrogens is 804 g/mol. The average molecular weight is 865 g/mol. The lowest BCUT2D eigenvalue weighted by atomic mass is 10.0. The van der Waals surface area contributed by atoms with Gasteiger partial charge >= 0.3 is 29.8 Å². The molecule has 3 rings (SSSR count). The van der Waals surface area contributed by atoms with E-state index in [-0.39, 0.29) is 38.8 Å². The number of aliphatic carboxylic acids is 5. The molecule has 340 valence electrons. The largest absolute Gasteiger partial charge is 0.493 e. The van der Waals surface area contributed by atoms with E-state index >= 15 is 0 Å². The van der Waals surface area contributed by atoms with Gasteiger partial charge in [-0.05, 0) is 62.9 Å². The zero-order valence-electron chi connectivity index (χ0n) is 35.1. The van der Waals surface area contributed by atoms with Crippen molar-refractivity contribution in [1.82, 2.24) is 39.9 Å². The Hall–Kier alpha value is -5.42. The molecule has 1 amide bonds. The van der Waals surface area contributed by atoms with E-state index in [2.05, 4.69) is 27.5 Å². The number of aromatic nitrogens is 3. The molecule has 0 spiro atoms. The third-order valence-corrected chi connectivity index (χ3v) is 10.2. The predicted octanol–water partition coefficient (Wildman–Crippen LogP) is 0.137. The zero-order valence-corrected chi connectivity index (χ0v) is 35.1. The topological polar surface area (TPSA) is 287 Å². The number of methoxy groups -OCH3 is 2. The van der Waals surface area contributed by atoms with Crippen LogP contribution < -0.4 is 14.8 Å². The number of ether oxygens (including phenoxy) is 3. The van der Waals surface area contributed by atoms with Gasteiger partial charge in [0.25, 0.3) is 5.91 Å². The summed E-state index contributed by atoms with van der Waals surface area (Å²) in [4.78, 5) is 76.9. The van der Waals surface area contributed by atoms with Crippen LogP contribution >= 0.6 is 0 Å². The van der Waals surface area contributed by atoms with E-state index in [0.717, 1.165) is 60.6 Å². The monoisotopic (exact) mass is 864 g/mol. The first-order valence-electron chi connectivity index (χ1n) is 20.1. The standard InChI is InChI=1S/C39H60N8O14/c1-4-45-11-8-10-29(45)17-40-39(58)31-15-27(16-32(59-2)38(31)60-3)9-6-5-7-12-47-18-28(41-42-47)25-61-26-30(46(23-36(54)55)24-37(56)57)19-43(20-33(48)49)13-14-44(21-34(50)51)22-35(52)53/h15-16,18,29-30H,4-14,17,19-26H2,1-3H3,(H,40,58)(H,48,49)(H,50,51)(H,52,53)(H,54,55)(H,56,57)/t29-,30-/m0/s1. The van der Waals surface area contributed by atoms with Gasteiger partial charge in [0.2, 0.25) is 0 Å². The Bertz CT molecular complexity index is 1730. The lowest BCUT2D eigenvalue weighted by Gasteiger charge is -2.34. The average Bonchev–Trinajstić information content (AvgIpc) is 3.85. The van der Waals surface area contributed by atoms with Crippen LogP contribution in [-0.4, -0.2) is 201 Å². The highest BCUT2D eigenvalue weighted by Crippen LogP contribution is 2.33. The minimum atomic E-state index is -1.33. The smallest absolute Gasteiger partial charge is 0.317 e. The van der Waals surface area contributed by atoms with Crippen molar-refractivity contribution >= 4 is 35.8 Å². The van der Waals surface area contributed by atoms with Gasteiger partial charge in [-0.3, -0.25) is 53.0 Å². The molecule has 1 aromatic carbocycles. The van der Waals surface area contributed by atoms with Crippen molar-refractivity contribution in [2.75, 3.05) is 92.8 Å². The second kappa shape index (κ2) is 26.0. The SMILES string of the molecule is CCN1CCC[C@H]1CNC(=O)c1cc(CCCCCn2cc(COC[C@H](CN(CCN(CC(=O)O)CC(=O)O)CC(=O)O)N(CC(=O)O)CC(=O)O)nn2)cc(OC)c1OC. The van der Waals surface area contributed by atoms with Crippen LogP contribution in [0.15, 0.2) is 18.3 Å². The number of likely N-dealkylation sites (N-methyl/N-ethyl adjacent to an activating group) is 1. The highest BCUT2D eigenvalue weighted by atomic mass is 16.5. The Morgan fingerprint density at radius 1 is 0.852 bits per heavy atom. The highest BCUT2D eigenvalue weighted by Gasteiger charge is 2.28. The first-order valence-corrected chi connectivity index (χ1v) is 20.1. The van der Waals surface area contributed by atoms with E-state index in [9.17, 15) is 54.3 Å². The summed E-state index contributed by atoms with van der Waals surface area (Å²) in [5, 5.41) is 58.3. The molecule has 0 radical (unpaired) electrons. The molecule has 2 heterocycles. The van der Waals surface area contributed by atoms with Gasteiger partial charge in [-0.25, -0.2) is 0 Å². The number of nitrogens with zero attached hydrogens (tertiary/aromatic N) is 7. The van der Waals surface area contributed by atoms with Gasteiger partial charge in [-0.2, -0.15) is 0 Å². The summed E-state index contributed by atoms with van der Waals surface area (Å²) >= 11 is 0. The lowest BCUT2D eigenvalue weighted by molar-refractivity contribution is -0.145. The molecule has 0 aliphatic carbocycles. The fourth-order valence-corrected chi connectivity index (χ4v) is 7.31. The van der Waals surface area contributed by atoms with E-state index in [0.29, 0.717) is 48.3 Å². The molecule has 1 aliphatic rings. The Morgan fingerprint density at radius 3 is 2.10 bits per heavy atom. The number of unbranched alkanes of at least 4 members (excludes halogenated alkanes) is 2. The molecule has 0 saturated carbocycles. The second-order valence-electron chi connectivity index (χ2n) is 14.8. The number of aryl methyl sites for hydroxylation is 2. The van der Waals surface area contributed by atoms with Crippen LogP contribution in [0.4, 0.5) is 0 Å². The molecular formula is C39H60N8O14. The maximum atomic E-state index is 13.3. The number of benzene rings is 1. The molecule has 2 atom stereocenters. The van der Waals surface area contributed by atoms with Gasteiger partial charge in [-0.15, -0.1) is 5.10 Å². The maximum Gasteiger partial charge on any atom is 0.317 e. The molecule has 1 saturated heterocycles. The van der Waals surface area contributed by atoms with Gasteiger partial charge in [0.1, 0.15) is 5.69 Å². The molecule has 1 aliphatic heterocycles. The van der Waals surface area contributed by atoms with E-state index in [1.165, 1.54) is 19.1 Å². The Labute approximate surface area is 353 Å². The summed E-state index contributed by atoms with van der Waals surface area (Å²) < 4.78 is 18.6. The van der Waals surface area contributed by atoms with Crippen molar-refractivity contribution in [2.45, 2.75) is 70.7 Å². The molecule has 1 aromatic heterocycles. The number of hydrogen-bond donors (Lipinski definition) is 6. The van der Waals surface area contributed by atoms with Crippen molar-refractivity contribution in [3.8, 4) is 11.5 Å². The first-order chi connectivity index (χ1) is 29.1. The summed E-state index contributed by atoms with van der Waals surface area (Å²) in [7, 11) is 3.05. The number of carbonyl (C=O) groups excluding carboxylic acids is 1. The van der Waals surface area contributed by atoms with E-state index < -0.39 is 68.6 Å². The van der Waals surface area contributed by atoms with Crippen LogP contribution in [-0.2, 0) is 48.3 Å². The number of hydrogen-bond acceptors (Lipinski definition) is 15. The highest BCUT2D eigenvalue weighted by molar-refractivity contribution is 5.98. The summed E-state index contributed by atoms with van der Waals surface area (Å²) in [5.41, 5.74) is 1.80. The molecule has 22 heteroatoms. The van der Waals surface area contributed by atoms with Gasteiger partial charge in [0.15, 0.2) is 11.5 Å². The number of nitrogens with one attached hydrogen (secondary N) is 1. The minimum absolute atomic E-state index is 0.0822. The van der Waals surface area contributed by atoms with E-state index in [4.69, 9.17) is 14.2 Å². The molecule has 0 bridgehead atoms. The minimum Gasteiger partial charge on any atom is -0.493 e. The van der Waals surface area contributed by atoms with E-state index in [1.54, 1.807) is 10.9 Å². The van der Waals surface area contributed by atoms with Gasteiger partial charge in [-0.1, -0.05) is 18.6 Å². The summed E-state index contributed by atoms with van der Waals surface area (Å²) in [5.74, 6) is -5.85. The third-order valence-electron chi connectivity index (χ3n) is 10.2. The predicted molar refractivity (Wildman–Crippen MR) is 216 cm³/mol. The quantitative estimate of drug-likeness (QED) is 0.0533. The number of amides is 1. The molecule has 1 fully saturated rings. The van der Waals surface area contributed by atoms with Crippen LogP contribution in [0.1, 0.15) is 60.6 Å². The molecule has 6 N–H and O–H groups in total. The lowest BCUT2D eigenvalue weighted by Crippen LogP contribution is -2.52. The fourth-order valence-electron chi connectivity index (χ4n) is 7.31.